The molecule has 4 heteroatoms. The first-order valence-corrected chi connectivity index (χ1v) is 9.72. The lowest BCUT2D eigenvalue weighted by Crippen LogP contribution is -2.27. The molecule has 1 amide bonds. The molecule has 0 bridgehead atoms. The van der Waals surface area contributed by atoms with Crippen molar-refractivity contribution in [1.29, 1.82) is 0 Å². The molecule has 1 heterocycles. The Morgan fingerprint density at radius 2 is 2.08 bits per heavy atom. The molecule has 134 valence electrons. The highest BCUT2D eigenvalue weighted by atomic mass is 32.1. The number of amides is 1. The second-order valence-corrected chi connectivity index (χ2v) is 8.98. The van der Waals surface area contributed by atoms with Crippen LogP contribution in [0.1, 0.15) is 53.6 Å². The van der Waals surface area contributed by atoms with E-state index in [1.54, 1.807) is 18.4 Å². The van der Waals surface area contributed by atoms with E-state index in [1.807, 2.05) is 30.5 Å². The molecule has 0 spiro atoms. The van der Waals surface area contributed by atoms with Crippen molar-refractivity contribution in [2.75, 3.05) is 12.4 Å². The second-order valence-electron chi connectivity index (χ2n) is 8.01. The fraction of sp³-hybridized carbons (Fsp3) is 0.476. The minimum atomic E-state index is -0.0318. The van der Waals surface area contributed by atoms with Gasteiger partial charge in [0.2, 0.25) is 0 Å². The summed E-state index contributed by atoms with van der Waals surface area (Å²) in [4.78, 5) is 14.2. The molecule has 2 aromatic rings. The van der Waals surface area contributed by atoms with E-state index in [0.717, 1.165) is 36.1 Å². The molecule has 1 atom stereocenters. The molecule has 1 aliphatic carbocycles. The van der Waals surface area contributed by atoms with E-state index in [2.05, 4.69) is 26.1 Å². The Kier molecular flexibility index (Phi) is 4.92. The molecule has 1 N–H and O–H groups in total. The van der Waals surface area contributed by atoms with Gasteiger partial charge >= 0.3 is 0 Å². The van der Waals surface area contributed by atoms with Crippen LogP contribution in [0, 0.1) is 18.3 Å². The molecule has 0 radical (unpaired) electrons. The number of carbonyl (C=O) groups excluding carboxylic acids is 1. The average molecular weight is 358 g/mol. The zero-order valence-electron chi connectivity index (χ0n) is 15.7. The first-order valence-electron chi connectivity index (χ1n) is 8.85. The number of benzene rings is 1. The van der Waals surface area contributed by atoms with E-state index < -0.39 is 0 Å². The van der Waals surface area contributed by atoms with Gasteiger partial charge in [0, 0.05) is 10.3 Å². The summed E-state index contributed by atoms with van der Waals surface area (Å²) in [5, 5.41) is 5.06. The fourth-order valence-electron chi connectivity index (χ4n) is 3.55. The third-order valence-corrected chi connectivity index (χ3v) is 6.28. The van der Waals surface area contributed by atoms with Crippen LogP contribution in [-0.4, -0.2) is 13.0 Å². The van der Waals surface area contributed by atoms with Crippen molar-refractivity contribution in [3.8, 4) is 5.75 Å². The molecule has 1 aromatic carbocycles. The van der Waals surface area contributed by atoms with Gasteiger partial charge in [0.25, 0.3) is 5.91 Å². The fourth-order valence-corrected chi connectivity index (χ4v) is 4.71. The lowest BCUT2D eigenvalue weighted by Gasteiger charge is -2.34. The molecule has 1 unspecified atom stereocenters. The number of hydrogen-bond acceptors (Lipinski definition) is 3. The number of methoxy groups -OCH3 is 1. The molecule has 1 aliphatic rings. The quantitative estimate of drug-likeness (QED) is 0.791. The van der Waals surface area contributed by atoms with Crippen molar-refractivity contribution in [2.45, 2.75) is 47.0 Å². The van der Waals surface area contributed by atoms with Crippen LogP contribution < -0.4 is 10.1 Å². The first-order chi connectivity index (χ1) is 11.8. The third-order valence-electron chi connectivity index (χ3n) is 5.23. The molecular weight excluding hydrogens is 330 g/mol. The van der Waals surface area contributed by atoms with Crippen LogP contribution in [0.25, 0.3) is 0 Å². The predicted octanol–water partition coefficient (Wildman–Crippen LogP) is 5.47. The van der Waals surface area contributed by atoms with Crippen molar-refractivity contribution >= 4 is 22.9 Å². The van der Waals surface area contributed by atoms with Gasteiger partial charge in [-0.1, -0.05) is 26.8 Å². The summed E-state index contributed by atoms with van der Waals surface area (Å²) in [5.74, 6) is 1.35. The van der Waals surface area contributed by atoms with Gasteiger partial charge in [-0.2, -0.15) is 0 Å². The minimum absolute atomic E-state index is 0.0318. The summed E-state index contributed by atoms with van der Waals surface area (Å²) >= 11 is 1.73. The zero-order valence-corrected chi connectivity index (χ0v) is 16.5. The Labute approximate surface area is 154 Å². The summed E-state index contributed by atoms with van der Waals surface area (Å²) in [6.07, 6.45) is 3.24. The highest BCUT2D eigenvalue weighted by Gasteiger charge is 2.31. The average Bonchev–Trinajstić information content (AvgIpc) is 2.97. The Morgan fingerprint density at radius 3 is 2.76 bits per heavy atom. The van der Waals surface area contributed by atoms with E-state index in [9.17, 15) is 4.79 Å². The molecule has 0 fully saturated rings. The number of anilines is 1. The lowest BCUT2D eigenvalue weighted by molar-refractivity contribution is 0.102. The number of nitrogens with one attached hydrogen (secondary N) is 1. The summed E-state index contributed by atoms with van der Waals surface area (Å²) in [5.41, 5.74) is 4.22. The van der Waals surface area contributed by atoms with E-state index in [1.165, 1.54) is 10.4 Å². The SMILES string of the molecule is COc1ccc(C)cc1NC(=O)c1csc2c1CCC(C(C)(C)C)C2. The first kappa shape index (κ1) is 18.0. The molecule has 25 heavy (non-hydrogen) atoms. The van der Waals surface area contributed by atoms with Gasteiger partial charge in [-0.05, 0) is 60.8 Å². The van der Waals surface area contributed by atoms with Gasteiger partial charge in [0.15, 0.2) is 0 Å². The minimum Gasteiger partial charge on any atom is -0.495 e. The standard InChI is InChI=1S/C21H27NO2S/c1-13-6-9-18(24-5)17(10-13)22-20(23)16-12-25-19-11-14(21(2,3)4)7-8-15(16)19/h6,9-10,12,14H,7-8,11H2,1-5H3,(H,22,23). The van der Waals surface area contributed by atoms with Gasteiger partial charge in [-0.15, -0.1) is 11.3 Å². The molecule has 3 rings (SSSR count). The summed E-state index contributed by atoms with van der Waals surface area (Å²) < 4.78 is 5.37. The van der Waals surface area contributed by atoms with E-state index in [4.69, 9.17) is 4.74 Å². The van der Waals surface area contributed by atoms with Crippen molar-refractivity contribution in [3.63, 3.8) is 0 Å². The van der Waals surface area contributed by atoms with Crippen LogP contribution in [0.2, 0.25) is 0 Å². The third kappa shape index (κ3) is 3.74. The van der Waals surface area contributed by atoms with Gasteiger partial charge < -0.3 is 10.1 Å². The lowest BCUT2D eigenvalue weighted by atomic mass is 9.72. The summed E-state index contributed by atoms with van der Waals surface area (Å²) in [6.45, 7) is 8.95. The van der Waals surface area contributed by atoms with Crippen LogP contribution in [-0.2, 0) is 12.8 Å². The molecule has 0 aliphatic heterocycles. The van der Waals surface area contributed by atoms with Crippen LogP contribution in [0.3, 0.4) is 0 Å². The Morgan fingerprint density at radius 1 is 1.32 bits per heavy atom. The van der Waals surface area contributed by atoms with Crippen molar-refractivity contribution in [3.05, 3.63) is 45.1 Å². The van der Waals surface area contributed by atoms with Gasteiger partial charge in [0.05, 0.1) is 18.4 Å². The normalized spacial score (nSPS) is 17.1. The Hall–Kier alpha value is -1.81. The van der Waals surface area contributed by atoms with Gasteiger partial charge in [-0.3, -0.25) is 4.79 Å². The van der Waals surface area contributed by atoms with Crippen LogP contribution in [0.15, 0.2) is 23.6 Å². The van der Waals surface area contributed by atoms with Crippen molar-refractivity contribution in [1.82, 2.24) is 0 Å². The van der Waals surface area contributed by atoms with Crippen LogP contribution in [0.4, 0.5) is 5.69 Å². The number of ether oxygens (including phenoxy) is 1. The van der Waals surface area contributed by atoms with Gasteiger partial charge in [-0.25, -0.2) is 0 Å². The van der Waals surface area contributed by atoms with Crippen LogP contribution >= 0.6 is 11.3 Å². The number of carbonyl (C=O) groups is 1. The zero-order chi connectivity index (χ0) is 18.2. The maximum atomic E-state index is 12.8. The Balaban J connectivity index is 1.82. The summed E-state index contributed by atoms with van der Waals surface area (Å²) in [7, 11) is 1.62. The van der Waals surface area contributed by atoms with Crippen molar-refractivity contribution < 1.29 is 9.53 Å². The molecule has 0 saturated carbocycles. The molecule has 0 saturated heterocycles. The van der Waals surface area contributed by atoms with Gasteiger partial charge in [0.1, 0.15) is 5.75 Å². The number of thiophene rings is 1. The number of fused-ring (bicyclic) bond motifs is 1. The molecule has 1 aromatic heterocycles. The predicted molar refractivity (Wildman–Crippen MR) is 105 cm³/mol. The van der Waals surface area contributed by atoms with E-state index in [0.29, 0.717) is 17.1 Å². The van der Waals surface area contributed by atoms with E-state index in [-0.39, 0.29) is 5.91 Å². The topological polar surface area (TPSA) is 38.3 Å². The molecule has 3 nitrogen and oxygen atoms in total. The number of aryl methyl sites for hydroxylation is 1. The maximum absolute atomic E-state index is 12.8. The largest absolute Gasteiger partial charge is 0.495 e. The number of rotatable bonds is 3. The maximum Gasteiger partial charge on any atom is 0.256 e. The smallest absolute Gasteiger partial charge is 0.256 e. The van der Waals surface area contributed by atoms with E-state index >= 15 is 0 Å². The van der Waals surface area contributed by atoms with Crippen molar-refractivity contribution in [2.24, 2.45) is 11.3 Å². The molecular formula is C21H27NO2S. The highest BCUT2D eigenvalue weighted by molar-refractivity contribution is 7.10. The second kappa shape index (κ2) is 6.83. The summed E-state index contributed by atoms with van der Waals surface area (Å²) in [6, 6.07) is 5.82. The Bertz CT molecular complexity index is 786. The van der Waals surface area contributed by atoms with Crippen LogP contribution in [0.5, 0.6) is 5.75 Å². The highest BCUT2D eigenvalue weighted by Crippen LogP contribution is 2.40. The number of hydrogen-bond donors (Lipinski definition) is 1. The monoisotopic (exact) mass is 357 g/mol.